The molecule has 2 aliphatic rings. The highest BCUT2D eigenvalue weighted by molar-refractivity contribution is 5.75. The van der Waals surface area contributed by atoms with Crippen LogP contribution in [0.25, 0.3) is 0 Å². The van der Waals surface area contributed by atoms with Crippen LogP contribution in [-0.2, 0) is 9.53 Å². The van der Waals surface area contributed by atoms with Gasteiger partial charge in [0.15, 0.2) is 0 Å². The van der Waals surface area contributed by atoms with Crippen molar-refractivity contribution in [3.05, 3.63) is 0 Å². The summed E-state index contributed by atoms with van der Waals surface area (Å²) >= 11 is 0. The molecule has 0 aromatic carbocycles. The van der Waals surface area contributed by atoms with Gasteiger partial charge in [-0.3, -0.25) is 4.79 Å². The minimum absolute atomic E-state index is 0.0628. The molecule has 0 aromatic heterocycles. The molecule has 0 bridgehead atoms. The fourth-order valence-electron chi connectivity index (χ4n) is 2.50. The van der Waals surface area contributed by atoms with Crippen LogP contribution in [0.15, 0.2) is 0 Å². The first-order valence-electron chi connectivity index (χ1n) is 6.41. The number of nitrogens with one attached hydrogen (secondary N) is 2. The van der Waals surface area contributed by atoms with Crippen molar-refractivity contribution in [2.45, 2.75) is 44.2 Å². The molecule has 1 aliphatic carbocycles. The number of ether oxygens (including phenoxy) is 1. The highest BCUT2D eigenvalue weighted by atomic mass is 16.5. The lowest BCUT2D eigenvalue weighted by Gasteiger charge is -2.31. The molecule has 2 rings (SSSR count). The summed E-state index contributed by atoms with van der Waals surface area (Å²) in [4.78, 5) is 22.0. The lowest BCUT2D eigenvalue weighted by molar-refractivity contribution is -0.136. The van der Waals surface area contributed by atoms with Gasteiger partial charge in [-0.1, -0.05) is 0 Å². The van der Waals surface area contributed by atoms with Gasteiger partial charge in [0.25, 0.3) is 0 Å². The van der Waals surface area contributed by atoms with E-state index >= 15 is 0 Å². The molecule has 1 saturated heterocycles. The molecule has 1 aliphatic heterocycles. The molecule has 1 heterocycles. The predicted octanol–water partition coefficient (Wildman–Crippen LogP) is 0.718. The number of carbonyl (C=O) groups excluding carboxylic acids is 1. The summed E-state index contributed by atoms with van der Waals surface area (Å²) in [6.07, 6.45) is 3.18. The van der Waals surface area contributed by atoms with E-state index in [-0.39, 0.29) is 30.6 Å². The lowest BCUT2D eigenvalue weighted by Crippen LogP contribution is -2.55. The average Bonchev–Trinajstić information content (AvgIpc) is 3.02. The smallest absolute Gasteiger partial charge is 0.315 e. The first kappa shape index (κ1) is 13.1. The van der Waals surface area contributed by atoms with E-state index in [1.807, 2.05) is 6.92 Å². The van der Waals surface area contributed by atoms with Crippen molar-refractivity contribution in [2.75, 3.05) is 13.2 Å². The molecular weight excluding hydrogens is 236 g/mol. The number of carboxylic acid groups (broad SMARTS) is 1. The van der Waals surface area contributed by atoms with E-state index in [1.165, 1.54) is 12.8 Å². The van der Waals surface area contributed by atoms with Gasteiger partial charge in [0.05, 0.1) is 18.1 Å². The number of urea groups is 1. The summed E-state index contributed by atoms with van der Waals surface area (Å²) in [6.45, 7) is 2.82. The van der Waals surface area contributed by atoms with Crippen LogP contribution in [0, 0.1) is 5.92 Å². The SMILES string of the molecule is CC1(NC(=O)NCCC(=O)O)CCOC1C1CC1. The van der Waals surface area contributed by atoms with Crippen LogP contribution in [-0.4, -0.2) is 41.9 Å². The lowest BCUT2D eigenvalue weighted by atomic mass is 9.90. The second-order valence-electron chi connectivity index (χ2n) is 5.32. The first-order valence-corrected chi connectivity index (χ1v) is 6.41. The molecule has 2 atom stereocenters. The van der Waals surface area contributed by atoms with Crippen LogP contribution in [0.2, 0.25) is 0 Å². The van der Waals surface area contributed by atoms with Crippen LogP contribution in [0.3, 0.4) is 0 Å². The summed E-state index contributed by atoms with van der Waals surface area (Å²) in [5.41, 5.74) is -0.325. The fourth-order valence-corrected chi connectivity index (χ4v) is 2.50. The Bertz CT molecular complexity index is 343. The molecule has 2 amide bonds. The number of aliphatic carboxylic acids is 1. The Labute approximate surface area is 106 Å². The third-order valence-corrected chi connectivity index (χ3v) is 3.62. The normalized spacial score (nSPS) is 31.1. The summed E-state index contributed by atoms with van der Waals surface area (Å²) in [7, 11) is 0. The Balaban J connectivity index is 1.79. The van der Waals surface area contributed by atoms with E-state index in [0.29, 0.717) is 12.5 Å². The van der Waals surface area contributed by atoms with Crippen LogP contribution in [0.4, 0.5) is 4.79 Å². The molecule has 2 fully saturated rings. The Morgan fingerprint density at radius 1 is 1.44 bits per heavy atom. The molecule has 3 N–H and O–H groups in total. The summed E-state index contributed by atoms with van der Waals surface area (Å²) in [5.74, 6) is -0.349. The van der Waals surface area contributed by atoms with E-state index in [2.05, 4.69) is 10.6 Å². The molecular formula is C12H20N2O4. The van der Waals surface area contributed by atoms with Crippen molar-refractivity contribution in [1.82, 2.24) is 10.6 Å². The van der Waals surface area contributed by atoms with E-state index in [9.17, 15) is 9.59 Å². The zero-order valence-electron chi connectivity index (χ0n) is 10.6. The minimum atomic E-state index is -0.915. The monoisotopic (exact) mass is 256 g/mol. The van der Waals surface area contributed by atoms with E-state index in [0.717, 1.165) is 6.42 Å². The molecule has 102 valence electrons. The third kappa shape index (κ3) is 3.13. The Morgan fingerprint density at radius 2 is 2.17 bits per heavy atom. The van der Waals surface area contributed by atoms with Gasteiger partial charge in [-0.2, -0.15) is 0 Å². The molecule has 2 unspecified atom stereocenters. The van der Waals surface area contributed by atoms with Crippen molar-refractivity contribution < 1.29 is 19.4 Å². The second kappa shape index (κ2) is 5.14. The van der Waals surface area contributed by atoms with Crippen molar-refractivity contribution >= 4 is 12.0 Å². The van der Waals surface area contributed by atoms with Crippen LogP contribution in [0.5, 0.6) is 0 Å². The Hall–Kier alpha value is -1.30. The first-order chi connectivity index (χ1) is 8.51. The largest absolute Gasteiger partial charge is 0.481 e. The van der Waals surface area contributed by atoms with Crippen molar-refractivity contribution in [3.8, 4) is 0 Å². The van der Waals surface area contributed by atoms with Crippen LogP contribution in [0.1, 0.15) is 32.6 Å². The van der Waals surface area contributed by atoms with Gasteiger partial charge in [0.1, 0.15) is 0 Å². The number of hydrogen-bond acceptors (Lipinski definition) is 3. The number of amides is 2. The van der Waals surface area contributed by atoms with Crippen molar-refractivity contribution in [2.24, 2.45) is 5.92 Å². The maximum absolute atomic E-state index is 11.7. The molecule has 0 aromatic rings. The zero-order chi connectivity index (χ0) is 13.2. The summed E-state index contributed by atoms with van der Waals surface area (Å²) in [5, 5.41) is 14.0. The quantitative estimate of drug-likeness (QED) is 0.676. The van der Waals surface area contributed by atoms with Gasteiger partial charge in [0.2, 0.25) is 0 Å². The Morgan fingerprint density at radius 3 is 2.78 bits per heavy atom. The van der Waals surface area contributed by atoms with Crippen molar-refractivity contribution in [3.63, 3.8) is 0 Å². The zero-order valence-corrected chi connectivity index (χ0v) is 10.6. The third-order valence-electron chi connectivity index (χ3n) is 3.62. The number of carbonyl (C=O) groups is 2. The number of carboxylic acids is 1. The minimum Gasteiger partial charge on any atom is -0.481 e. The summed E-state index contributed by atoms with van der Waals surface area (Å²) < 4.78 is 5.70. The topological polar surface area (TPSA) is 87.7 Å². The van der Waals surface area contributed by atoms with Gasteiger partial charge in [-0.25, -0.2) is 4.79 Å². The van der Waals surface area contributed by atoms with E-state index in [4.69, 9.17) is 9.84 Å². The highest BCUT2D eigenvalue weighted by Gasteiger charge is 2.48. The standard InChI is InChI=1S/C12H20N2O4/c1-12(5-7-18-10(12)8-2-3-8)14-11(17)13-6-4-9(15)16/h8,10H,2-7H2,1H3,(H,15,16)(H2,13,14,17). The molecule has 18 heavy (non-hydrogen) atoms. The second-order valence-corrected chi connectivity index (χ2v) is 5.32. The van der Waals surface area contributed by atoms with Gasteiger partial charge in [0, 0.05) is 13.2 Å². The average molecular weight is 256 g/mol. The molecule has 6 nitrogen and oxygen atoms in total. The predicted molar refractivity (Wildman–Crippen MR) is 64.3 cm³/mol. The van der Waals surface area contributed by atoms with Gasteiger partial charge in [-0.05, 0) is 32.1 Å². The van der Waals surface area contributed by atoms with Crippen LogP contribution >= 0.6 is 0 Å². The van der Waals surface area contributed by atoms with Crippen molar-refractivity contribution in [1.29, 1.82) is 0 Å². The number of rotatable bonds is 5. The maximum atomic E-state index is 11.7. The maximum Gasteiger partial charge on any atom is 0.315 e. The molecule has 0 spiro atoms. The molecule has 6 heteroatoms. The van der Waals surface area contributed by atoms with Crippen LogP contribution < -0.4 is 10.6 Å². The fraction of sp³-hybridized carbons (Fsp3) is 0.833. The van der Waals surface area contributed by atoms with Gasteiger partial charge >= 0.3 is 12.0 Å². The van der Waals surface area contributed by atoms with E-state index in [1.54, 1.807) is 0 Å². The van der Waals surface area contributed by atoms with Gasteiger partial charge < -0.3 is 20.5 Å². The Kier molecular flexibility index (Phi) is 3.75. The highest BCUT2D eigenvalue weighted by Crippen LogP contribution is 2.43. The summed E-state index contributed by atoms with van der Waals surface area (Å²) in [6, 6.07) is -0.310. The van der Waals surface area contributed by atoms with E-state index < -0.39 is 5.97 Å². The number of hydrogen-bond donors (Lipinski definition) is 3. The van der Waals surface area contributed by atoms with Gasteiger partial charge in [-0.15, -0.1) is 0 Å². The molecule has 1 saturated carbocycles. The molecule has 0 radical (unpaired) electrons.